The highest BCUT2D eigenvalue weighted by Crippen LogP contribution is 2.60. The van der Waals surface area contributed by atoms with Gasteiger partial charge in [-0.3, -0.25) is 4.55 Å². The van der Waals surface area contributed by atoms with Crippen LogP contribution in [0.2, 0.25) is 0 Å². The van der Waals surface area contributed by atoms with Crippen LogP contribution in [0.4, 0.5) is 5.69 Å². The third-order valence-corrected chi connectivity index (χ3v) is 12.4. The molecule has 3 heterocycles. The third-order valence-electron chi connectivity index (χ3n) is 8.07. The van der Waals surface area contributed by atoms with Crippen LogP contribution < -0.4 is 9.05 Å². The number of thioether (sulfide) groups is 1. The first-order chi connectivity index (χ1) is 19.6. The zero-order valence-electron chi connectivity index (χ0n) is 21.6. The molecule has 0 radical (unpaired) electrons. The van der Waals surface area contributed by atoms with Gasteiger partial charge in [-0.15, -0.1) is 0 Å². The highest BCUT2D eigenvalue weighted by atomic mass is 32.2. The predicted octanol–water partition coefficient (Wildman–Crippen LogP) is 5.46. The molecule has 210 valence electrons. The number of quaternary nitrogens is 1. The SMILES string of the molecule is O=S(=O)([O-])CCC[n+]1c(C=C2Sc3ccc4ccccc4c3[N+]23CCC3S(=O)(=O)O)sc2ccc3ccccc3c21. The highest BCUT2D eigenvalue weighted by molar-refractivity contribution is 8.03. The van der Waals surface area contributed by atoms with E-state index in [1.54, 1.807) is 0 Å². The standard InChI is InChI=1S/C29H24N2O6S4/c32-40(33,34)17-5-15-30-25(38-23-12-10-19-6-1-3-8-21(19)28(23)30)18-26-31(16-14-27(31)41(35,36)37)29-22-9-4-2-7-20(22)11-13-24(29)39-26/h1-4,6-13,18,27H,5,14-17H2/p+1. The van der Waals surface area contributed by atoms with Crippen molar-refractivity contribution in [3.05, 3.63) is 82.8 Å². The second-order valence-corrected chi connectivity index (χ2v) is 15.6. The van der Waals surface area contributed by atoms with E-state index in [9.17, 15) is 25.9 Å². The molecule has 1 saturated heterocycles. The number of aryl methyl sites for hydroxylation is 1. The summed E-state index contributed by atoms with van der Waals surface area (Å²) < 4.78 is 73.2. The van der Waals surface area contributed by atoms with Gasteiger partial charge in [-0.2, -0.15) is 13.0 Å². The Labute approximate surface area is 245 Å². The molecule has 0 bridgehead atoms. The van der Waals surface area contributed by atoms with Gasteiger partial charge in [-0.05, 0) is 46.8 Å². The molecule has 8 nitrogen and oxygen atoms in total. The second kappa shape index (κ2) is 9.60. The molecular weight excluding hydrogens is 601 g/mol. The van der Waals surface area contributed by atoms with E-state index in [-0.39, 0.29) is 10.9 Å². The van der Waals surface area contributed by atoms with Crippen molar-refractivity contribution in [3.8, 4) is 0 Å². The molecule has 2 aliphatic rings. The fraction of sp³-hybridized carbons (Fsp3) is 0.207. The Morgan fingerprint density at radius 2 is 1.63 bits per heavy atom. The zero-order valence-corrected chi connectivity index (χ0v) is 24.9. The lowest BCUT2D eigenvalue weighted by Crippen LogP contribution is -2.66. The number of rotatable bonds is 6. The maximum absolute atomic E-state index is 12.7. The third kappa shape index (κ3) is 4.40. The fourth-order valence-corrected chi connectivity index (χ4v) is 10.6. The minimum absolute atomic E-state index is 0.0180. The van der Waals surface area contributed by atoms with Crippen LogP contribution in [0.15, 0.2) is 82.7 Å². The van der Waals surface area contributed by atoms with Gasteiger partial charge in [0.25, 0.3) is 5.01 Å². The van der Waals surface area contributed by atoms with Crippen molar-refractivity contribution in [2.45, 2.75) is 29.7 Å². The van der Waals surface area contributed by atoms with Crippen molar-refractivity contribution >= 4 is 86.9 Å². The zero-order chi connectivity index (χ0) is 28.6. The van der Waals surface area contributed by atoms with Gasteiger partial charge in [0.05, 0.1) is 39.4 Å². The number of hydrogen-bond acceptors (Lipinski definition) is 7. The van der Waals surface area contributed by atoms with Crippen LogP contribution in [0.25, 0.3) is 37.8 Å². The van der Waals surface area contributed by atoms with Crippen molar-refractivity contribution in [1.82, 2.24) is 4.48 Å². The highest BCUT2D eigenvalue weighted by Gasteiger charge is 2.62. The summed E-state index contributed by atoms with van der Waals surface area (Å²) in [4.78, 5) is 0.943. The summed E-state index contributed by atoms with van der Waals surface area (Å²) >= 11 is 3.04. The molecule has 0 amide bonds. The molecule has 4 aromatic carbocycles. The summed E-state index contributed by atoms with van der Waals surface area (Å²) in [6.07, 6.45) is 2.47. The Kier molecular flexibility index (Phi) is 6.32. The van der Waals surface area contributed by atoms with E-state index < -0.39 is 31.4 Å². The lowest BCUT2D eigenvalue weighted by molar-refractivity contribution is -0.667. The molecule has 1 aromatic heterocycles. The summed E-state index contributed by atoms with van der Waals surface area (Å²) in [7, 11) is -8.75. The molecule has 7 rings (SSSR count). The first kappa shape index (κ1) is 27.0. The van der Waals surface area contributed by atoms with Gasteiger partial charge in [-0.25, -0.2) is 12.9 Å². The molecular formula is C29H25N2O6S4+. The van der Waals surface area contributed by atoms with E-state index >= 15 is 0 Å². The number of nitrogens with zero attached hydrogens (tertiary/aromatic N) is 2. The van der Waals surface area contributed by atoms with Gasteiger partial charge in [0.2, 0.25) is 10.9 Å². The Bertz CT molecular complexity index is 2140. The first-order valence-corrected chi connectivity index (χ1v) is 17.8. The lowest BCUT2D eigenvalue weighted by Gasteiger charge is -2.47. The van der Waals surface area contributed by atoms with Crippen LogP contribution in [-0.4, -0.2) is 43.6 Å². The summed E-state index contributed by atoms with van der Waals surface area (Å²) in [6.45, 7) is 0.823. The summed E-state index contributed by atoms with van der Waals surface area (Å²) in [5.74, 6) is -0.477. The number of aromatic nitrogens is 1. The molecule has 1 spiro atoms. The Morgan fingerprint density at radius 1 is 0.951 bits per heavy atom. The van der Waals surface area contributed by atoms with Crippen LogP contribution >= 0.6 is 23.1 Å². The lowest BCUT2D eigenvalue weighted by atomic mass is 10.0. The molecule has 0 saturated carbocycles. The van der Waals surface area contributed by atoms with Crippen LogP contribution in [0.3, 0.4) is 0 Å². The number of benzene rings is 4. The van der Waals surface area contributed by atoms with E-state index in [1.807, 2.05) is 83.4 Å². The minimum Gasteiger partial charge on any atom is -0.748 e. The van der Waals surface area contributed by atoms with Crippen molar-refractivity contribution in [2.24, 2.45) is 0 Å². The van der Waals surface area contributed by atoms with E-state index in [0.29, 0.717) is 19.5 Å². The molecule has 5 aromatic rings. The van der Waals surface area contributed by atoms with Gasteiger partial charge in [0, 0.05) is 17.6 Å². The van der Waals surface area contributed by atoms with E-state index in [1.165, 1.54) is 23.1 Å². The Morgan fingerprint density at radius 3 is 2.32 bits per heavy atom. The smallest absolute Gasteiger partial charge is 0.320 e. The van der Waals surface area contributed by atoms with Gasteiger partial charge in [-0.1, -0.05) is 59.9 Å². The Hall–Kier alpha value is -2.84. The average Bonchev–Trinajstić information content (AvgIpc) is 3.43. The normalized spacial score (nSPS) is 21.7. The fourth-order valence-electron chi connectivity index (χ4n) is 6.26. The maximum atomic E-state index is 12.7. The van der Waals surface area contributed by atoms with Gasteiger partial charge in [0.15, 0.2) is 17.3 Å². The van der Waals surface area contributed by atoms with E-state index in [2.05, 4.69) is 0 Å². The van der Waals surface area contributed by atoms with Crippen molar-refractivity contribution in [2.75, 3.05) is 12.3 Å². The molecule has 12 heteroatoms. The van der Waals surface area contributed by atoms with E-state index in [0.717, 1.165) is 52.4 Å². The van der Waals surface area contributed by atoms with Crippen LogP contribution in [0.1, 0.15) is 17.8 Å². The quantitative estimate of drug-likeness (QED) is 0.151. The van der Waals surface area contributed by atoms with Crippen LogP contribution in [0.5, 0.6) is 0 Å². The van der Waals surface area contributed by atoms with Gasteiger partial charge >= 0.3 is 10.1 Å². The molecule has 41 heavy (non-hydrogen) atoms. The summed E-state index contributed by atoms with van der Waals surface area (Å²) in [5, 5.41) is 4.56. The van der Waals surface area contributed by atoms with Crippen LogP contribution in [-0.2, 0) is 26.8 Å². The first-order valence-electron chi connectivity index (χ1n) is 13.1. The number of thiazole rings is 1. The molecule has 0 aliphatic carbocycles. The van der Waals surface area contributed by atoms with Crippen LogP contribution in [0, 0.1) is 0 Å². The average molecular weight is 626 g/mol. The van der Waals surface area contributed by atoms with Crippen molar-refractivity contribution in [1.29, 1.82) is 0 Å². The second-order valence-electron chi connectivity index (χ2n) is 10.4. The minimum atomic E-state index is -4.38. The summed E-state index contributed by atoms with van der Waals surface area (Å²) in [5.41, 5.74) is 1.82. The number of fused-ring (bicyclic) bond motifs is 7. The molecule has 1 fully saturated rings. The topological polar surface area (TPSA) is 115 Å². The number of hydrogen-bond donors (Lipinski definition) is 1. The molecule has 2 unspecified atom stereocenters. The predicted molar refractivity (Wildman–Crippen MR) is 163 cm³/mol. The van der Waals surface area contributed by atoms with Crippen molar-refractivity contribution in [3.63, 3.8) is 0 Å². The van der Waals surface area contributed by atoms with E-state index in [4.69, 9.17) is 0 Å². The largest absolute Gasteiger partial charge is 0.748 e. The molecule has 2 atom stereocenters. The Balaban J connectivity index is 1.46. The maximum Gasteiger partial charge on any atom is 0.320 e. The molecule has 2 aliphatic heterocycles. The molecule has 1 N–H and O–H groups in total. The monoisotopic (exact) mass is 625 g/mol. The van der Waals surface area contributed by atoms with Gasteiger partial charge in [0.1, 0.15) is 4.70 Å². The van der Waals surface area contributed by atoms with Crippen molar-refractivity contribution < 1.29 is 30.5 Å². The summed E-state index contributed by atoms with van der Waals surface area (Å²) in [6, 6.07) is 23.9. The van der Waals surface area contributed by atoms with Gasteiger partial charge < -0.3 is 4.55 Å².